The maximum Gasteiger partial charge on any atom is 0.308 e. The Hall–Kier alpha value is -3.80. The van der Waals surface area contributed by atoms with Gasteiger partial charge in [-0.3, -0.25) is 4.79 Å². The van der Waals surface area contributed by atoms with Crippen LogP contribution in [0.25, 0.3) is 0 Å². The van der Waals surface area contributed by atoms with Crippen LogP contribution in [0.15, 0.2) is 77.9 Å². The molecule has 0 aromatic heterocycles. The van der Waals surface area contributed by atoms with E-state index in [1.165, 1.54) is 21.1 Å². The van der Waals surface area contributed by atoms with Crippen molar-refractivity contribution in [3.63, 3.8) is 0 Å². The summed E-state index contributed by atoms with van der Waals surface area (Å²) in [4.78, 5) is 11.4. The zero-order chi connectivity index (χ0) is 20.6. The molecule has 0 atom stereocenters. The molecule has 6 nitrogen and oxygen atoms in total. The molecule has 0 fully saturated rings. The molecular weight excluding hydrogens is 368 g/mol. The minimum absolute atomic E-state index is 0.239. The Morgan fingerprint density at radius 1 is 0.862 bits per heavy atom. The van der Waals surface area contributed by atoms with Crippen molar-refractivity contribution in [2.45, 2.75) is 6.92 Å². The fourth-order valence-electron chi connectivity index (χ4n) is 2.76. The van der Waals surface area contributed by atoms with Crippen LogP contribution in [0.5, 0.6) is 17.2 Å². The van der Waals surface area contributed by atoms with Gasteiger partial charge in [0, 0.05) is 12.5 Å². The number of hydrogen-bond donors (Lipinski definition) is 0. The number of para-hydroxylation sites is 2. The van der Waals surface area contributed by atoms with Gasteiger partial charge in [-0.05, 0) is 36.4 Å². The fourth-order valence-corrected chi connectivity index (χ4v) is 2.76. The van der Waals surface area contributed by atoms with E-state index >= 15 is 0 Å². The molecule has 0 aliphatic carbocycles. The number of nitrogens with zero attached hydrogens (tertiary/aromatic N) is 2. The molecule has 0 heterocycles. The monoisotopic (exact) mass is 390 g/mol. The van der Waals surface area contributed by atoms with Gasteiger partial charge in [-0.2, -0.15) is 5.10 Å². The lowest BCUT2D eigenvalue weighted by atomic mass is 10.2. The van der Waals surface area contributed by atoms with Gasteiger partial charge in [0.25, 0.3) is 0 Å². The molecule has 3 rings (SSSR count). The second-order valence-electron chi connectivity index (χ2n) is 6.08. The van der Waals surface area contributed by atoms with Gasteiger partial charge in [-0.1, -0.05) is 36.4 Å². The largest absolute Gasteiger partial charge is 0.493 e. The molecule has 0 N–H and O–H groups in total. The highest BCUT2D eigenvalue weighted by Crippen LogP contribution is 2.38. The molecule has 0 unspecified atom stereocenters. The fraction of sp³-hybridized carbons (Fsp3) is 0.130. The minimum atomic E-state index is -0.456. The average Bonchev–Trinajstić information content (AvgIpc) is 2.75. The van der Waals surface area contributed by atoms with Crippen molar-refractivity contribution in [3.05, 3.63) is 78.4 Å². The van der Waals surface area contributed by atoms with Gasteiger partial charge in [0.1, 0.15) is 0 Å². The molecule has 3 aromatic carbocycles. The van der Waals surface area contributed by atoms with Gasteiger partial charge in [0.2, 0.25) is 5.75 Å². The highest BCUT2D eigenvalue weighted by molar-refractivity contribution is 5.85. The molecule has 0 spiro atoms. The number of carbonyl (C=O) groups is 1. The Morgan fingerprint density at radius 2 is 1.34 bits per heavy atom. The number of methoxy groups -OCH3 is 2. The van der Waals surface area contributed by atoms with E-state index in [9.17, 15) is 4.79 Å². The third kappa shape index (κ3) is 4.93. The van der Waals surface area contributed by atoms with E-state index in [2.05, 4.69) is 5.10 Å². The standard InChI is InChI=1S/C23H22N2O4/c1-17(26)29-23-21(27-2)14-18(15-22(23)28-3)16-24-25(19-10-6-4-7-11-19)20-12-8-5-9-13-20/h4-16H,1-3H3/b24-16-. The minimum Gasteiger partial charge on any atom is -0.493 e. The number of benzene rings is 3. The van der Waals surface area contributed by atoms with Crippen molar-refractivity contribution in [1.82, 2.24) is 0 Å². The van der Waals surface area contributed by atoms with Crippen molar-refractivity contribution in [2.75, 3.05) is 19.2 Å². The highest BCUT2D eigenvalue weighted by atomic mass is 16.6. The first-order valence-electron chi connectivity index (χ1n) is 9.01. The van der Waals surface area contributed by atoms with Gasteiger partial charge in [-0.25, -0.2) is 5.01 Å². The van der Waals surface area contributed by atoms with E-state index in [1.807, 2.05) is 65.7 Å². The first-order chi connectivity index (χ1) is 14.1. The molecule has 0 saturated heterocycles. The van der Waals surface area contributed by atoms with Crippen LogP contribution in [0.3, 0.4) is 0 Å². The summed E-state index contributed by atoms with van der Waals surface area (Å²) >= 11 is 0. The molecule has 6 heteroatoms. The van der Waals surface area contributed by atoms with Gasteiger partial charge >= 0.3 is 5.97 Å². The Kier molecular flexibility index (Phi) is 6.47. The molecule has 0 aliphatic heterocycles. The van der Waals surface area contributed by atoms with Crippen LogP contribution in [0.1, 0.15) is 12.5 Å². The summed E-state index contributed by atoms with van der Waals surface area (Å²) in [6.45, 7) is 1.33. The third-order valence-electron chi connectivity index (χ3n) is 4.05. The molecule has 0 amide bonds. The summed E-state index contributed by atoms with van der Waals surface area (Å²) in [6, 6.07) is 23.1. The van der Waals surface area contributed by atoms with Crippen molar-refractivity contribution in [3.8, 4) is 17.2 Å². The quantitative estimate of drug-likeness (QED) is 0.251. The van der Waals surface area contributed by atoms with Crippen LogP contribution in [0.2, 0.25) is 0 Å². The zero-order valence-electron chi connectivity index (χ0n) is 16.5. The number of hydrogen-bond acceptors (Lipinski definition) is 6. The molecular formula is C23H22N2O4. The summed E-state index contributed by atoms with van der Waals surface area (Å²) in [5.74, 6) is 0.545. The first-order valence-corrected chi connectivity index (χ1v) is 9.01. The molecule has 29 heavy (non-hydrogen) atoms. The Balaban J connectivity index is 2.00. The van der Waals surface area contributed by atoms with Gasteiger partial charge in [0.05, 0.1) is 31.8 Å². The predicted octanol–water partition coefficient (Wildman–Crippen LogP) is 4.80. The van der Waals surface area contributed by atoms with E-state index in [4.69, 9.17) is 14.2 Å². The van der Waals surface area contributed by atoms with E-state index in [0.29, 0.717) is 11.5 Å². The number of hydrazone groups is 1. The first kappa shape index (κ1) is 19.9. The molecule has 0 saturated carbocycles. The molecule has 148 valence electrons. The summed E-state index contributed by atoms with van der Waals surface area (Å²) < 4.78 is 16.0. The van der Waals surface area contributed by atoms with Gasteiger partial charge < -0.3 is 14.2 Å². The van der Waals surface area contributed by atoms with Crippen LogP contribution in [0.4, 0.5) is 11.4 Å². The number of carbonyl (C=O) groups excluding carboxylic acids is 1. The van der Waals surface area contributed by atoms with Crippen LogP contribution >= 0.6 is 0 Å². The third-order valence-corrected chi connectivity index (χ3v) is 4.05. The molecule has 0 aliphatic rings. The summed E-state index contributed by atoms with van der Waals surface area (Å²) in [7, 11) is 3.01. The van der Waals surface area contributed by atoms with Crippen molar-refractivity contribution >= 4 is 23.6 Å². The second kappa shape index (κ2) is 9.41. The summed E-state index contributed by atoms with van der Waals surface area (Å²) in [5, 5.41) is 6.50. The van der Waals surface area contributed by atoms with Crippen LogP contribution < -0.4 is 19.2 Å². The second-order valence-corrected chi connectivity index (χ2v) is 6.08. The van der Waals surface area contributed by atoms with E-state index in [-0.39, 0.29) is 5.75 Å². The van der Waals surface area contributed by atoms with Crippen molar-refractivity contribution < 1.29 is 19.0 Å². The summed E-state index contributed by atoms with van der Waals surface area (Å²) in [5.41, 5.74) is 2.57. The van der Waals surface area contributed by atoms with E-state index in [1.54, 1.807) is 18.3 Å². The Labute approximate surface area is 169 Å². The highest BCUT2D eigenvalue weighted by Gasteiger charge is 2.16. The maximum atomic E-state index is 11.4. The normalized spacial score (nSPS) is 10.6. The molecule has 3 aromatic rings. The Bertz CT molecular complexity index is 924. The smallest absolute Gasteiger partial charge is 0.308 e. The van der Waals surface area contributed by atoms with Crippen molar-refractivity contribution in [1.29, 1.82) is 0 Å². The average molecular weight is 390 g/mol. The SMILES string of the molecule is COc1cc(/C=N\N(c2ccccc2)c2ccccc2)cc(OC)c1OC(C)=O. The number of ether oxygens (including phenoxy) is 3. The maximum absolute atomic E-state index is 11.4. The Morgan fingerprint density at radius 3 is 1.76 bits per heavy atom. The summed E-state index contributed by atoms with van der Waals surface area (Å²) in [6.07, 6.45) is 1.70. The van der Waals surface area contributed by atoms with Crippen LogP contribution in [-0.2, 0) is 4.79 Å². The van der Waals surface area contributed by atoms with Crippen molar-refractivity contribution in [2.24, 2.45) is 5.10 Å². The van der Waals surface area contributed by atoms with E-state index in [0.717, 1.165) is 16.9 Å². The number of rotatable bonds is 7. The lowest BCUT2D eigenvalue weighted by Gasteiger charge is -2.19. The predicted molar refractivity (Wildman–Crippen MR) is 113 cm³/mol. The molecule has 0 radical (unpaired) electrons. The van der Waals surface area contributed by atoms with Crippen LogP contribution in [-0.4, -0.2) is 26.4 Å². The number of esters is 1. The van der Waals surface area contributed by atoms with E-state index < -0.39 is 5.97 Å². The van der Waals surface area contributed by atoms with Gasteiger partial charge in [0.15, 0.2) is 11.5 Å². The number of anilines is 2. The molecule has 0 bridgehead atoms. The topological polar surface area (TPSA) is 60.4 Å². The zero-order valence-corrected chi connectivity index (χ0v) is 16.5. The van der Waals surface area contributed by atoms with Gasteiger partial charge in [-0.15, -0.1) is 0 Å². The lowest BCUT2D eigenvalue weighted by Crippen LogP contribution is -2.09. The van der Waals surface area contributed by atoms with Crippen LogP contribution in [0, 0.1) is 0 Å². The lowest BCUT2D eigenvalue weighted by molar-refractivity contribution is -0.132.